The summed E-state index contributed by atoms with van der Waals surface area (Å²) in [7, 11) is 0. The van der Waals surface area contributed by atoms with Crippen LogP contribution in [0.2, 0.25) is 0 Å². The van der Waals surface area contributed by atoms with Crippen LogP contribution in [-0.4, -0.2) is 42.1 Å². The Morgan fingerprint density at radius 2 is 2.09 bits per heavy atom. The number of ether oxygens (including phenoxy) is 1. The highest BCUT2D eigenvalue weighted by Gasteiger charge is 2.44. The summed E-state index contributed by atoms with van der Waals surface area (Å²) in [5.74, 6) is 0.310. The van der Waals surface area contributed by atoms with Gasteiger partial charge in [-0.1, -0.05) is 18.2 Å². The number of hydrogen-bond acceptors (Lipinski definition) is 3. The number of nitrogens with one attached hydrogen (secondary N) is 1. The molecule has 0 radical (unpaired) electrons. The smallest absolute Gasteiger partial charge is 0.223 e. The summed E-state index contributed by atoms with van der Waals surface area (Å²) in [4.78, 5) is 14.0. The zero-order chi connectivity index (χ0) is 15.8. The largest absolute Gasteiger partial charge is 0.370 e. The Hall–Kier alpha value is -1.46. The van der Waals surface area contributed by atoms with E-state index in [0.717, 1.165) is 37.8 Å². The van der Waals surface area contributed by atoms with Gasteiger partial charge in [-0.25, -0.2) is 4.39 Å². The molecule has 0 bridgehead atoms. The highest BCUT2D eigenvalue weighted by molar-refractivity contribution is 5.80. The average Bonchev–Trinajstić information content (AvgIpc) is 3.37. The second-order valence-electron chi connectivity index (χ2n) is 6.98. The van der Waals surface area contributed by atoms with E-state index >= 15 is 0 Å². The lowest BCUT2D eigenvalue weighted by atomic mass is 9.89. The lowest BCUT2D eigenvalue weighted by molar-refractivity contribution is -0.169. The molecule has 1 aromatic rings. The van der Waals surface area contributed by atoms with Crippen molar-refractivity contribution in [1.29, 1.82) is 0 Å². The normalized spacial score (nSPS) is 30.4. The minimum atomic E-state index is -0.131. The van der Waals surface area contributed by atoms with Crippen LogP contribution in [0.25, 0.3) is 0 Å². The van der Waals surface area contributed by atoms with Crippen LogP contribution in [0.15, 0.2) is 24.3 Å². The van der Waals surface area contributed by atoms with Crippen molar-refractivity contribution in [3.8, 4) is 0 Å². The van der Waals surface area contributed by atoms with E-state index in [2.05, 4.69) is 10.2 Å². The van der Waals surface area contributed by atoms with Crippen molar-refractivity contribution in [2.75, 3.05) is 13.1 Å². The van der Waals surface area contributed by atoms with Crippen LogP contribution in [0, 0.1) is 11.7 Å². The SMILES string of the molecule is O=C(NC[C@@H]1CC[C@H]2[C@H](CN2Cc2ccccc2F)O1)C1CC1. The highest BCUT2D eigenvalue weighted by atomic mass is 19.1. The maximum absolute atomic E-state index is 13.7. The van der Waals surface area contributed by atoms with Gasteiger partial charge in [-0.3, -0.25) is 9.69 Å². The first-order valence-corrected chi connectivity index (χ1v) is 8.61. The van der Waals surface area contributed by atoms with Crippen molar-refractivity contribution in [3.63, 3.8) is 0 Å². The lowest BCUT2D eigenvalue weighted by Gasteiger charge is -2.52. The van der Waals surface area contributed by atoms with E-state index < -0.39 is 0 Å². The minimum Gasteiger partial charge on any atom is -0.370 e. The first-order valence-electron chi connectivity index (χ1n) is 8.61. The van der Waals surface area contributed by atoms with Crippen LogP contribution in [0.5, 0.6) is 0 Å². The maximum Gasteiger partial charge on any atom is 0.223 e. The highest BCUT2D eigenvalue weighted by Crippen LogP contribution is 2.34. The third-order valence-corrected chi connectivity index (χ3v) is 5.25. The molecule has 0 aromatic heterocycles. The number of hydrogen-bond donors (Lipinski definition) is 1. The second-order valence-corrected chi connectivity index (χ2v) is 6.98. The number of fused-ring (bicyclic) bond motifs is 1. The Morgan fingerprint density at radius 3 is 2.83 bits per heavy atom. The number of nitrogens with zero attached hydrogens (tertiary/aromatic N) is 1. The molecule has 1 N–H and O–H groups in total. The van der Waals surface area contributed by atoms with Crippen LogP contribution < -0.4 is 5.32 Å². The Morgan fingerprint density at radius 1 is 1.26 bits per heavy atom. The summed E-state index contributed by atoms with van der Waals surface area (Å²) in [5.41, 5.74) is 0.754. The molecule has 1 amide bonds. The summed E-state index contributed by atoms with van der Waals surface area (Å²) in [6.07, 6.45) is 4.45. The number of likely N-dealkylation sites (tertiary alicyclic amines) is 1. The summed E-state index contributed by atoms with van der Waals surface area (Å²) >= 11 is 0. The van der Waals surface area contributed by atoms with E-state index in [1.807, 2.05) is 12.1 Å². The van der Waals surface area contributed by atoms with Gasteiger partial charge in [0.25, 0.3) is 0 Å². The molecule has 1 aliphatic carbocycles. The Labute approximate surface area is 136 Å². The van der Waals surface area contributed by atoms with E-state index in [-0.39, 0.29) is 29.9 Å². The molecule has 3 aliphatic rings. The third kappa shape index (κ3) is 3.26. The molecule has 2 saturated heterocycles. The van der Waals surface area contributed by atoms with Gasteiger partial charge in [0.15, 0.2) is 0 Å². The van der Waals surface area contributed by atoms with Gasteiger partial charge in [0.2, 0.25) is 5.91 Å². The fourth-order valence-electron chi connectivity index (χ4n) is 3.64. The van der Waals surface area contributed by atoms with Gasteiger partial charge in [-0.15, -0.1) is 0 Å². The van der Waals surface area contributed by atoms with Crippen LogP contribution in [-0.2, 0) is 16.1 Å². The van der Waals surface area contributed by atoms with E-state index in [1.54, 1.807) is 6.07 Å². The van der Waals surface area contributed by atoms with Gasteiger partial charge in [-0.2, -0.15) is 0 Å². The third-order valence-electron chi connectivity index (χ3n) is 5.25. The molecular weight excluding hydrogens is 295 g/mol. The van der Waals surface area contributed by atoms with E-state index in [0.29, 0.717) is 19.1 Å². The van der Waals surface area contributed by atoms with Gasteiger partial charge in [0.05, 0.1) is 12.2 Å². The second kappa shape index (κ2) is 6.21. The van der Waals surface area contributed by atoms with Gasteiger partial charge < -0.3 is 10.1 Å². The zero-order valence-corrected chi connectivity index (χ0v) is 13.2. The molecule has 0 unspecified atom stereocenters. The van der Waals surface area contributed by atoms with Crippen molar-refractivity contribution in [1.82, 2.24) is 10.2 Å². The fraction of sp³-hybridized carbons (Fsp3) is 0.611. The van der Waals surface area contributed by atoms with Crippen LogP contribution in [0.3, 0.4) is 0 Å². The molecule has 1 saturated carbocycles. The molecular formula is C18H23FN2O2. The molecule has 4 rings (SSSR count). The summed E-state index contributed by atoms with van der Waals surface area (Å²) in [6.45, 7) is 2.14. The molecule has 5 heteroatoms. The summed E-state index contributed by atoms with van der Waals surface area (Å²) in [5, 5.41) is 3.01. The average molecular weight is 318 g/mol. The van der Waals surface area contributed by atoms with Crippen LogP contribution >= 0.6 is 0 Å². The molecule has 124 valence electrons. The van der Waals surface area contributed by atoms with Gasteiger partial charge in [0, 0.05) is 37.2 Å². The Balaban J connectivity index is 1.24. The molecule has 2 heterocycles. The standard InChI is InChI=1S/C18H23FN2O2/c19-15-4-2-1-3-13(15)10-21-11-17-16(21)8-7-14(23-17)9-20-18(22)12-5-6-12/h1-4,12,14,16-17H,5-11H2,(H,20,22)/t14-,16-,17-/m0/s1. The van der Waals surface area contributed by atoms with Crippen molar-refractivity contribution in [2.24, 2.45) is 5.92 Å². The van der Waals surface area contributed by atoms with Crippen molar-refractivity contribution in [2.45, 2.75) is 50.5 Å². The topological polar surface area (TPSA) is 41.6 Å². The predicted molar refractivity (Wildman–Crippen MR) is 84.2 cm³/mol. The summed E-state index contributed by atoms with van der Waals surface area (Å²) < 4.78 is 19.8. The number of rotatable bonds is 5. The van der Waals surface area contributed by atoms with Gasteiger partial charge >= 0.3 is 0 Å². The van der Waals surface area contributed by atoms with E-state index in [1.165, 1.54) is 6.07 Å². The minimum absolute atomic E-state index is 0.131. The van der Waals surface area contributed by atoms with Gasteiger partial charge in [-0.05, 0) is 31.7 Å². The molecule has 3 atom stereocenters. The molecule has 0 spiro atoms. The molecule has 2 aliphatic heterocycles. The van der Waals surface area contributed by atoms with Crippen molar-refractivity contribution >= 4 is 5.91 Å². The van der Waals surface area contributed by atoms with E-state index in [9.17, 15) is 9.18 Å². The Bertz CT molecular complexity index is 590. The summed E-state index contributed by atoms with van der Waals surface area (Å²) in [6, 6.07) is 7.36. The fourth-order valence-corrected chi connectivity index (χ4v) is 3.64. The maximum atomic E-state index is 13.7. The molecule has 1 aromatic carbocycles. The first-order chi connectivity index (χ1) is 11.2. The number of benzene rings is 1. The zero-order valence-electron chi connectivity index (χ0n) is 13.2. The number of halogens is 1. The first kappa shape index (κ1) is 15.1. The van der Waals surface area contributed by atoms with E-state index in [4.69, 9.17) is 4.74 Å². The number of carbonyl (C=O) groups is 1. The van der Waals surface area contributed by atoms with Gasteiger partial charge in [0.1, 0.15) is 5.82 Å². The monoisotopic (exact) mass is 318 g/mol. The lowest BCUT2D eigenvalue weighted by Crippen LogP contribution is -2.64. The molecule has 3 fully saturated rings. The predicted octanol–water partition coefficient (Wildman–Crippen LogP) is 2.08. The number of carbonyl (C=O) groups excluding carboxylic acids is 1. The van der Waals surface area contributed by atoms with Crippen molar-refractivity contribution in [3.05, 3.63) is 35.6 Å². The van der Waals surface area contributed by atoms with Crippen molar-refractivity contribution < 1.29 is 13.9 Å². The van der Waals surface area contributed by atoms with Crippen LogP contribution in [0.4, 0.5) is 4.39 Å². The number of amides is 1. The molecule has 23 heavy (non-hydrogen) atoms. The molecule has 4 nitrogen and oxygen atoms in total. The quantitative estimate of drug-likeness (QED) is 0.904. The van der Waals surface area contributed by atoms with Crippen LogP contribution in [0.1, 0.15) is 31.2 Å². The Kier molecular flexibility index (Phi) is 4.07.